The molecule has 1 aromatic heterocycles. The van der Waals surface area contributed by atoms with Crippen LogP contribution in [0.1, 0.15) is 25.3 Å². The first-order valence-electron chi connectivity index (χ1n) is 6.02. The first-order valence-corrected chi connectivity index (χ1v) is 6.53. The molecule has 1 aliphatic heterocycles. The largest absolute Gasteiger partial charge is 0.375 e. The topological polar surface area (TPSA) is 65.8 Å². The first kappa shape index (κ1) is 13.6. The number of aromatic nitrogens is 1. The third kappa shape index (κ3) is 2.49. The van der Waals surface area contributed by atoms with Crippen molar-refractivity contribution in [2.75, 3.05) is 0 Å². The van der Waals surface area contributed by atoms with Gasteiger partial charge in [-0.2, -0.15) is 17.9 Å². The van der Waals surface area contributed by atoms with E-state index in [0.29, 0.717) is 5.57 Å². The molecule has 98 valence electrons. The molecule has 2 rings (SSSR count). The van der Waals surface area contributed by atoms with Crippen LogP contribution >= 0.6 is 12.6 Å². The predicted molar refractivity (Wildman–Crippen MR) is 75.4 cm³/mol. The van der Waals surface area contributed by atoms with Gasteiger partial charge in [-0.1, -0.05) is 6.07 Å². The second-order valence-electron chi connectivity index (χ2n) is 4.60. The summed E-state index contributed by atoms with van der Waals surface area (Å²) in [6.45, 7) is 3.37. The molecule has 2 heterocycles. The number of carbonyl (C=O) groups excluding carboxylic acids is 1. The van der Waals surface area contributed by atoms with Crippen LogP contribution in [0.5, 0.6) is 0 Å². The van der Waals surface area contributed by atoms with Gasteiger partial charge in [0, 0.05) is 29.6 Å². The summed E-state index contributed by atoms with van der Waals surface area (Å²) in [4.78, 5) is 16.0. The van der Waals surface area contributed by atoms with Crippen molar-refractivity contribution in [3.8, 4) is 6.07 Å². The molecule has 0 spiro atoms. The molecule has 1 aromatic rings. The van der Waals surface area contributed by atoms with E-state index in [2.05, 4.69) is 29.0 Å². The molecule has 0 amide bonds. The van der Waals surface area contributed by atoms with Crippen molar-refractivity contribution in [3.63, 3.8) is 0 Å². The molecule has 0 saturated carbocycles. The normalized spacial score (nSPS) is 26.5. The molecule has 0 aliphatic carbocycles. The summed E-state index contributed by atoms with van der Waals surface area (Å²) in [7, 11) is 0. The fraction of sp³-hybridized carbons (Fsp3) is 0.357. The highest BCUT2D eigenvalue weighted by Crippen LogP contribution is 2.39. The highest BCUT2D eigenvalue weighted by atomic mass is 32.1. The molecule has 3 atom stereocenters. The lowest BCUT2D eigenvalue weighted by atomic mass is 9.77. The number of hydrogen-bond acceptors (Lipinski definition) is 5. The fourth-order valence-corrected chi connectivity index (χ4v) is 2.98. The average molecular weight is 273 g/mol. The van der Waals surface area contributed by atoms with Crippen molar-refractivity contribution in [1.29, 1.82) is 5.26 Å². The van der Waals surface area contributed by atoms with Crippen molar-refractivity contribution in [2.24, 2.45) is 5.92 Å². The van der Waals surface area contributed by atoms with Gasteiger partial charge in [-0.3, -0.25) is 9.78 Å². The molecule has 0 radical (unpaired) electrons. The van der Waals surface area contributed by atoms with Gasteiger partial charge in [0.2, 0.25) is 0 Å². The number of allylic oxidation sites excluding steroid dienone is 2. The van der Waals surface area contributed by atoms with E-state index in [1.807, 2.05) is 19.1 Å². The van der Waals surface area contributed by atoms with Crippen LogP contribution in [0, 0.1) is 17.2 Å². The molecule has 19 heavy (non-hydrogen) atoms. The Morgan fingerprint density at radius 3 is 2.84 bits per heavy atom. The zero-order chi connectivity index (χ0) is 14.0. The van der Waals surface area contributed by atoms with Gasteiger partial charge in [-0.25, -0.2) is 0 Å². The van der Waals surface area contributed by atoms with E-state index in [4.69, 9.17) is 0 Å². The molecule has 5 heteroatoms. The molecule has 0 aromatic carbocycles. The number of thiol groups is 1. The van der Waals surface area contributed by atoms with Gasteiger partial charge in [-0.15, -0.1) is 0 Å². The average Bonchev–Trinajstić information content (AvgIpc) is 2.38. The maximum Gasteiger partial charge on any atom is 0.158 e. The second-order valence-corrected chi connectivity index (χ2v) is 5.16. The van der Waals surface area contributed by atoms with Crippen LogP contribution in [0.3, 0.4) is 0 Å². The summed E-state index contributed by atoms with van der Waals surface area (Å²) >= 11 is 4.41. The molecule has 1 N–H and O–H groups in total. The summed E-state index contributed by atoms with van der Waals surface area (Å²) in [5.74, 6) is -0.714. The van der Waals surface area contributed by atoms with E-state index in [1.165, 1.54) is 6.92 Å². The minimum absolute atomic E-state index is 0.0284. The summed E-state index contributed by atoms with van der Waals surface area (Å²) in [5, 5.41) is 12.2. The Bertz CT molecular complexity index is 562. The Morgan fingerprint density at radius 1 is 1.58 bits per heavy atom. The van der Waals surface area contributed by atoms with Crippen molar-refractivity contribution < 1.29 is 4.79 Å². The Labute approximate surface area is 117 Å². The molecule has 1 aliphatic rings. The smallest absolute Gasteiger partial charge is 0.158 e. The number of nitrogens with zero attached hydrogens (tertiary/aromatic N) is 2. The Morgan fingerprint density at radius 2 is 2.32 bits per heavy atom. The summed E-state index contributed by atoms with van der Waals surface area (Å²) in [5.41, 5.74) is 2.30. The van der Waals surface area contributed by atoms with Crippen LogP contribution in [-0.2, 0) is 4.79 Å². The van der Waals surface area contributed by atoms with E-state index in [1.54, 1.807) is 12.4 Å². The van der Waals surface area contributed by atoms with E-state index in [9.17, 15) is 10.1 Å². The number of pyridine rings is 1. The summed E-state index contributed by atoms with van der Waals surface area (Å²) < 4.78 is 0. The van der Waals surface area contributed by atoms with Gasteiger partial charge < -0.3 is 5.32 Å². The number of hydrogen-bond donors (Lipinski definition) is 2. The van der Waals surface area contributed by atoms with Gasteiger partial charge in [-0.05, 0) is 25.5 Å². The summed E-state index contributed by atoms with van der Waals surface area (Å²) in [6, 6.07) is 5.96. The van der Waals surface area contributed by atoms with E-state index in [0.717, 1.165) is 11.3 Å². The highest BCUT2D eigenvalue weighted by Gasteiger charge is 2.38. The van der Waals surface area contributed by atoms with Crippen molar-refractivity contribution >= 4 is 18.4 Å². The molecule has 0 bridgehead atoms. The van der Waals surface area contributed by atoms with E-state index < -0.39 is 5.92 Å². The van der Waals surface area contributed by atoms with Crippen molar-refractivity contribution in [1.82, 2.24) is 10.3 Å². The zero-order valence-corrected chi connectivity index (χ0v) is 11.7. The van der Waals surface area contributed by atoms with Crippen LogP contribution in [0.15, 0.2) is 35.8 Å². The number of Topliss-reactive ketones (excluding diaryl/α,β-unsaturated/α-hetero) is 1. The third-order valence-corrected chi connectivity index (χ3v) is 3.80. The van der Waals surface area contributed by atoms with Crippen LogP contribution in [0.4, 0.5) is 0 Å². The SMILES string of the molecule is CC(=O)C1=C(C)N[C@H](S)[C@@H](C#N)[C@@H]1c1cccnc1. The van der Waals surface area contributed by atoms with Crippen molar-refractivity contribution in [3.05, 3.63) is 41.4 Å². The number of rotatable bonds is 2. The number of nitrogens with one attached hydrogen (secondary N) is 1. The lowest BCUT2D eigenvalue weighted by molar-refractivity contribution is -0.114. The molecule has 4 nitrogen and oxygen atoms in total. The predicted octanol–water partition coefficient (Wildman–Crippen LogP) is 2.03. The lowest BCUT2D eigenvalue weighted by Crippen LogP contribution is -2.41. The molecule has 0 fully saturated rings. The van der Waals surface area contributed by atoms with Crippen molar-refractivity contribution in [2.45, 2.75) is 25.1 Å². The first-order chi connectivity index (χ1) is 9.06. The lowest BCUT2D eigenvalue weighted by Gasteiger charge is -2.35. The van der Waals surface area contributed by atoms with Gasteiger partial charge in [0.1, 0.15) is 0 Å². The highest BCUT2D eigenvalue weighted by molar-refractivity contribution is 7.80. The summed E-state index contributed by atoms with van der Waals surface area (Å²) in [6.07, 6.45) is 3.38. The van der Waals surface area contributed by atoms with Gasteiger partial charge in [0.25, 0.3) is 0 Å². The molecular weight excluding hydrogens is 258 g/mol. The van der Waals surface area contributed by atoms with Gasteiger partial charge in [0.15, 0.2) is 5.78 Å². The van der Waals surface area contributed by atoms with Crippen LogP contribution in [0.2, 0.25) is 0 Å². The quantitative estimate of drug-likeness (QED) is 0.809. The van der Waals surface area contributed by atoms with Gasteiger partial charge in [0.05, 0.1) is 17.4 Å². The van der Waals surface area contributed by atoms with Gasteiger partial charge >= 0.3 is 0 Å². The Kier molecular flexibility index (Phi) is 3.91. The molecular formula is C14H15N3OS. The number of ketones is 1. The van der Waals surface area contributed by atoms with E-state index in [-0.39, 0.29) is 17.1 Å². The fourth-order valence-electron chi connectivity index (χ4n) is 2.55. The Hall–Kier alpha value is -1.80. The zero-order valence-electron chi connectivity index (χ0n) is 10.8. The monoisotopic (exact) mass is 273 g/mol. The van der Waals surface area contributed by atoms with Crippen LogP contribution in [-0.4, -0.2) is 16.1 Å². The second kappa shape index (κ2) is 5.45. The van der Waals surface area contributed by atoms with Crippen LogP contribution in [0.25, 0.3) is 0 Å². The maximum absolute atomic E-state index is 11.9. The Balaban J connectivity index is 2.59. The molecule has 0 unspecified atom stereocenters. The van der Waals surface area contributed by atoms with Crippen LogP contribution < -0.4 is 5.32 Å². The third-order valence-electron chi connectivity index (χ3n) is 3.35. The maximum atomic E-state index is 11.9. The standard InChI is InChI=1S/C14H15N3OS/c1-8-12(9(2)18)13(10-4-3-5-16-7-10)11(6-15)14(19)17-8/h3-5,7,11,13-14,17,19H,1-2H3/t11-,13-,14+/m0/s1. The van der Waals surface area contributed by atoms with E-state index >= 15 is 0 Å². The molecule has 0 saturated heterocycles. The minimum atomic E-state index is -0.407. The number of carbonyl (C=O) groups is 1. The number of nitriles is 1. The minimum Gasteiger partial charge on any atom is -0.375 e.